The lowest BCUT2D eigenvalue weighted by atomic mass is 10.1. The van der Waals surface area contributed by atoms with Crippen molar-refractivity contribution < 1.29 is 14.3 Å². The summed E-state index contributed by atoms with van der Waals surface area (Å²) in [4.78, 5) is 11.6. The van der Waals surface area contributed by atoms with E-state index in [1.54, 1.807) is 6.92 Å². The fraction of sp³-hybridized carbons (Fsp3) is 0.533. The molecule has 106 valence electrons. The number of carbonyl (C=O) groups excluding carboxylic acids is 1. The van der Waals surface area contributed by atoms with Crippen LogP contribution in [-0.2, 0) is 9.53 Å². The number of carbonyl (C=O) groups is 1. The number of benzene rings is 1. The average molecular weight is 265 g/mol. The summed E-state index contributed by atoms with van der Waals surface area (Å²) >= 11 is 0. The van der Waals surface area contributed by atoms with Gasteiger partial charge in [0, 0.05) is 6.04 Å². The Labute approximate surface area is 114 Å². The highest BCUT2D eigenvalue weighted by Crippen LogP contribution is 2.20. The highest BCUT2D eigenvalue weighted by molar-refractivity contribution is 5.75. The van der Waals surface area contributed by atoms with Gasteiger partial charge in [0.25, 0.3) is 0 Å². The van der Waals surface area contributed by atoms with Gasteiger partial charge in [-0.3, -0.25) is 0 Å². The third-order valence-electron chi connectivity index (χ3n) is 2.95. The van der Waals surface area contributed by atoms with Crippen LogP contribution in [0.2, 0.25) is 0 Å². The number of hydrogen-bond acceptors (Lipinski definition) is 4. The largest absolute Gasteiger partial charge is 0.479 e. The molecule has 0 aliphatic rings. The third kappa shape index (κ3) is 4.56. The van der Waals surface area contributed by atoms with E-state index in [4.69, 9.17) is 15.2 Å². The zero-order chi connectivity index (χ0) is 14.3. The lowest BCUT2D eigenvalue weighted by molar-refractivity contribution is -0.151. The maximum atomic E-state index is 11.6. The van der Waals surface area contributed by atoms with Gasteiger partial charge in [-0.2, -0.15) is 0 Å². The molecule has 0 aliphatic carbocycles. The van der Waals surface area contributed by atoms with E-state index >= 15 is 0 Å². The minimum absolute atomic E-state index is 0.0427. The van der Waals surface area contributed by atoms with E-state index < -0.39 is 6.10 Å². The summed E-state index contributed by atoms with van der Waals surface area (Å²) in [6, 6.07) is 7.59. The summed E-state index contributed by atoms with van der Waals surface area (Å²) < 4.78 is 10.6. The Kier molecular flexibility index (Phi) is 6.36. The molecule has 1 unspecified atom stereocenters. The Morgan fingerprint density at radius 3 is 2.26 bits per heavy atom. The molecule has 0 fully saturated rings. The van der Waals surface area contributed by atoms with Crippen molar-refractivity contribution in [2.75, 3.05) is 6.61 Å². The van der Waals surface area contributed by atoms with Crippen molar-refractivity contribution in [1.29, 1.82) is 0 Å². The third-order valence-corrected chi connectivity index (χ3v) is 2.95. The Morgan fingerprint density at radius 2 is 1.79 bits per heavy atom. The van der Waals surface area contributed by atoms with Gasteiger partial charge in [0.1, 0.15) is 5.75 Å². The van der Waals surface area contributed by atoms with Crippen LogP contribution in [0.15, 0.2) is 24.3 Å². The van der Waals surface area contributed by atoms with E-state index in [0.29, 0.717) is 18.8 Å². The molecule has 0 heterocycles. The lowest BCUT2D eigenvalue weighted by Gasteiger charge is -2.16. The quantitative estimate of drug-likeness (QED) is 0.770. The monoisotopic (exact) mass is 265 g/mol. The number of hydrogen-bond donors (Lipinski definition) is 1. The van der Waals surface area contributed by atoms with E-state index in [1.807, 2.05) is 38.1 Å². The maximum absolute atomic E-state index is 11.6. The first kappa shape index (κ1) is 15.5. The minimum atomic E-state index is -0.550. The molecular formula is C15H23NO3. The van der Waals surface area contributed by atoms with Crippen molar-refractivity contribution >= 4 is 5.97 Å². The van der Waals surface area contributed by atoms with Crippen molar-refractivity contribution in [1.82, 2.24) is 0 Å². The van der Waals surface area contributed by atoms with E-state index in [0.717, 1.165) is 12.0 Å². The molecule has 2 atom stereocenters. The van der Waals surface area contributed by atoms with E-state index in [2.05, 4.69) is 0 Å². The Balaban J connectivity index is 2.68. The minimum Gasteiger partial charge on any atom is -0.479 e. The van der Waals surface area contributed by atoms with E-state index in [1.165, 1.54) is 0 Å². The van der Waals surface area contributed by atoms with Crippen molar-refractivity contribution in [3.05, 3.63) is 29.8 Å². The first-order chi connectivity index (χ1) is 9.12. The normalized spacial score (nSPS) is 13.7. The van der Waals surface area contributed by atoms with E-state index in [9.17, 15) is 4.79 Å². The molecule has 0 radical (unpaired) electrons. The molecular weight excluding hydrogens is 242 g/mol. The van der Waals surface area contributed by atoms with Crippen LogP contribution in [0.1, 0.15) is 45.2 Å². The van der Waals surface area contributed by atoms with Crippen molar-refractivity contribution in [2.24, 2.45) is 5.73 Å². The molecule has 0 aliphatic heterocycles. The predicted octanol–water partition coefficient (Wildman–Crippen LogP) is 2.82. The maximum Gasteiger partial charge on any atom is 0.347 e. The molecule has 1 rings (SSSR count). The molecule has 0 aromatic heterocycles. The van der Waals surface area contributed by atoms with Crippen molar-refractivity contribution in [3.8, 4) is 5.75 Å². The van der Waals surface area contributed by atoms with Crippen LogP contribution in [0.3, 0.4) is 0 Å². The molecule has 0 saturated heterocycles. The smallest absolute Gasteiger partial charge is 0.347 e. The summed E-state index contributed by atoms with van der Waals surface area (Å²) in [5, 5.41) is 0. The highest BCUT2D eigenvalue weighted by Gasteiger charge is 2.19. The van der Waals surface area contributed by atoms with Gasteiger partial charge < -0.3 is 15.2 Å². The van der Waals surface area contributed by atoms with Gasteiger partial charge >= 0.3 is 5.97 Å². The molecule has 1 aromatic carbocycles. The molecule has 0 spiro atoms. The summed E-state index contributed by atoms with van der Waals surface area (Å²) in [7, 11) is 0. The number of nitrogens with two attached hydrogens (primary N) is 1. The molecule has 0 saturated carbocycles. The molecule has 0 amide bonds. The zero-order valence-corrected chi connectivity index (χ0v) is 11.9. The highest BCUT2D eigenvalue weighted by atomic mass is 16.6. The second-order valence-corrected chi connectivity index (χ2v) is 4.35. The van der Waals surface area contributed by atoms with Gasteiger partial charge in [0.15, 0.2) is 6.10 Å². The molecule has 4 nitrogen and oxygen atoms in total. The summed E-state index contributed by atoms with van der Waals surface area (Å²) in [6.45, 7) is 6.08. The number of ether oxygens (including phenoxy) is 2. The van der Waals surface area contributed by atoms with Gasteiger partial charge in [-0.25, -0.2) is 4.79 Å². The molecule has 2 N–H and O–H groups in total. The van der Waals surface area contributed by atoms with Gasteiger partial charge in [-0.15, -0.1) is 0 Å². The average Bonchev–Trinajstić information content (AvgIpc) is 2.44. The Hall–Kier alpha value is -1.55. The zero-order valence-electron chi connectivity index (χ0n) is 11.9. The van der Waals surface area contributed by atoms with Crippen LogP contribution >= 0.6 is 0 Å². The molecule has 4 heteroatoms. The summed E-state index contributed by atoms with van der Waals surface area (Å²) in [6.07, 6.45) is 0.918. The first-order valence-corrected chi connectivity index (χ1v) is 6.81. The second kappa shape index (κ2) is 7.79. The molecule has 1 aromatic rings. The number of rotatable bonds is 7. The van der Waals surface area contributed by atoms with E-state index in [-0.39, 0.29) is 12.0 Å². The Bertz CT molecular complexity index is 389. The number of esters is 1. The fourth-order valence-corrected chi connectivity index (χ4v) is 1.73. The second-order valence-electron chi connectivity index (χ2n) is 4.35. The lowest BCUT2D eigenvalue weighted by Crippen LogP contribution is -2.28. The van der Waals surface area contributed by atoms with Gasteiger partial charge in [0.05, 0.1) is 6.61 Å². The van der Waals surface area contributed by atoms with Crippen LogP contribution < -0.4 is 10.5 Å². The molecule has 19 heavy (non-hydrogen) atoms. The van der Waals surface area contributed by atoms with Crippen molar-refractivity contribution in [3.63, 3.8) is 0 Å². The van der Waals surface area contributed by atoms with Gasteiger partial charge in [-0.05, 0) is 37.5 Å². The fourth-order valence-electron chi connectivity index (χ4n) is 1.73. The van der Waals surface area contributed by atoms with Crippen LogP contribution in [0, 0.1) is 0 Å². The molecule has 0 bridgehead atoms. The topological polar surface area (TPSA) is 61.5 Å². The SMILES string of the molecule is CCOC(=O)C(CC)Oc1ccc([C@@H](N)CC)cc1. The van der Waals surface area contributed by atoms with Crippen LogP contribution in [0.25, 0.3) is 0 Å². The summed E-state index contributed by atoms with van der Waals surface area (Å²) in [5.41, 5.74) is 7.01. The summed E-state index contributed by atoms with van der Waals surface area (Å²) in [5.74, 6) is 0.339. The van der Waals surface area contributed by atoms with Gasteiger partial charge in [-0.1, -0.05) is 26.0 Å². The predicted molar refractivity (Wildman–Crippen MR) is 75.0 cm³/mol. The van der Waals surface area contributed by atoms with Gasteiger partial charge in [0.2, 0.25) is 0 Å². The van der Waals surface area contributed by atoms with Crippen molar-refractivity contribution in [2.45, 2.75) is 45.8 Å². The Morgan fingerprint density at radius 1 is 1.16 bits per heavy atom. The van der Waals surface area contributed by atoms with Crippen LogP contribution in [0.4, 0.5) is 0 Å². The standard InChI is InChI=1S/C15H23NO3/c1-4-13(16)11-7-9-12(10-8-11)19-14(5-2)15(17)18-6-3/h7-10,13-14H,4-6,16H2,1-3H3/t13-,14?/m0/s1. The van der Waals surface area contributed by atoms with Crippen LogP contribution in [0.5, 0.6) is 5.75 Å². The van der Waals surface area contributed by atoms with Crippen LogP contribution in [-0.4, -0.2) is 18.7 Å². The first-order valence-electron chi connectivity index (χ1n) is 6.81.